The molecule has 18 heavy (non-hydrogen) atoms. The second kappa shape index (κ2) is 3.50. The Balaban J connectivity index is 2.20. The maximum Gasteiger partial charge on any atom is 0.0716 e. The van der Waals surface area contributed by atoms with Gasteiger partial charge < -0.3 is 0 Å². The van der Waals surface area contributed by atoms with Gasteiger partial charge in [0.1, 0.15) is 0 Å². The first-order chi connectivity index (χ1) is 8.90. The Labute approximate surface area is 104 Å². The second-order valence-electron chi connectivity index (χ2n) is 4.45. The van der Waals surface area contributed by atoms with Gasteiger partial charge >= 0.3 is 0 Å². The van der Waals surface area contributed by atoms with E-state index in [4.69, 9.17) is 4.98 Å². The van der Waals surface area contributed by atoms with Crippen LogP contribution >= 0.6 is 0 Å². The number of nitrogens with zero attached hydrogens (tertiary/aromatic N) is 2. The highest BCUT2D eigenvalue weighted by molar-refractivity contribution is 6.00. The van der Waals surface area contributed by atoms with Gasteiger partial charge in [0.05, 0.1) is 11.0 Å². The minimum atomic E-state index is 1.03. The topological polar surface area (TPSA) is 25.8 Å². The van der Waals surface area contributed by atoms with Crippen molar-refractivity contribution in [1.29, 1.82) is 0 Å². The van der Waals surface area contributed by atoms with Gasteiger partial charge in [-0.25, -0.2) is 4.98 Å². The van der Waals surface area contributed by atoms with Crippen LogP contribution in [0.1, 0.15) is 0 Å². The minimum absolute atomic E-state index is 1.03. The van der Waals surface area contributed by atoms with E-state index < -0.39 is 0 Å². The summed E-state index contributed by atoms with van der Waals surface area (Å²) in [5, 5.41) is 4.67. The van der Waals surface area contributed by atoms with E-state index in [0.717, 1.165) is 21.8 Å². The molecule has 0 N–H and O–H groups in total. The molecule has 0 bridgehead atoms. The molecule has 0 fully saturated rings. The van der Waals surface area contributed by atoms with Crippen LogP contribution in [-0.4, -0.2) is 9.97 Å². The summed E-state index contributed by atoms with van der Waals surface area (Å²) >= 11 is 0. The Morgan fingerprint density at radius 1 is 0.667 bits per heavy atom. The Kier molecular flexibility index (Phi) is 1.86. The van der Waals surface area contributed by atoms with Crippen molar-refractivity contribution in [2.24, 2.45) is 0 Å². The zero-order valence-corrected chi connectivity index (χ0v) is 9.67. The third-order valence-electron chi connectivity index (χ3n) is 3.27. The highest BCUT2D eigenvalue weighted by Crippen LogP contribution is 2.24. The zero-order chi connectivity index (χ0) is 11.9. The molecule has 0 aliphatic heterocycles. The fourth-order valence-corrected chi connectivity index (χ4v) is 2.36. The SMILES string of the molecule is c1ccc2nc3cc4ccncc4cc3cc2c1. The number of hydrogen-bond acceptors (Lipinski definition) is 2. The molecular weight excluding hydrogens is 220 g/mol. The molecule has 0 saturated carbocycles. The van der Waals surface area contributed by atoms with Gasteiger partial charge in [0.25, 0.3) is 0 Å². The van der Waals surface area contributed by atoms with Crippen LogP contribution in [0.15, 0.2) is 60.9 Å². The number of aromatic nitrogens is 2. The summed E-state index contributed by atoms with van der Waals surface area (Å²) in [5.74, 6) is 0. The molecule has 0 aliphatic carbocycles. The maximum absolute atomic E-state index is 4.71. The zero-order valence-electron chi connectivity index (χ0n) is 9.67. The molecule has 2 aromatic heterocycles. The molecule has 2 aromatic carbocycles. The number of benzene rings is 2. The number of hydrogen-bond donors (Lipinski definition) is 0. The Morgan fingerprint density at radius 2 is 1.56 bits per heavy atom. The predicted octanol–water partition coefficient (Wildman–Crippen LogP) is 3.94. The predicted molar refractivity (Wildman–Crippen MR) is 74.6 cm³/mol. The van der Waals surface area contributed by atoms with Crippen molar-refractivity contribution in [2.45, 2.75) is 0 Å². The van der Waals surface area contributed by atoms with Crippen molar-refractivity contribution in [3.63, 3.8) is 0 Å². The fraction of sp³-hybridized carbons (Fsp3) is 0. The molecule has 0 atom stereocenters. The molecule has 4 rings (SSSR count). The molecule has 4 aromatic rings. The maximum atomic E-state index is 4.71. The summed E-state index contributed by atoms with van der Waals surface area (Å²) in [4.78, 5) is 8.87. The summed E-state index contributed by atoms with van der Waals surface area (Å²) in [6.45, 7) is 0. The lowest BCUT2D eigenvalue weighted by Gasteiger charge is -2.03. The molecule has 0 amide bonds. The van der Waals surface area contributed by atoms with Crippen LogP contribution in [-0.2, 0) is 0 Å². The number of fused-ring (bicyclic) bond motifs is 3. The Bertz CT molecular complexity index is 737. The van der Waals surface area contributed by atoms with Crippen molar-refractivity contribution in [2.75, 3.05) is 0 Å². The van der Waals surface area contributed by atoms with Crippen LogP contribution < -0.4 is 0 Å². The van der Waals surface area contributed by atoms with Crippen LogP contribution in [0.4, 0.5) is 0 Å². The van der Waals surface area contributed by atoms with Crippen LogP contribution in [0.5, 0.6) is 0 Å². The van der Waals surface area contributed by atoms with Gasteiger partial charge in [-0.2, -0.15) is 0 Å². The molecule has 0 saturated heterocycles. The number of pyridine rings is 2. The van der Waals surface area contributed by atoms with E-state index in [9.17, 15) is 0 Å². The number of para-hydroxylation sites is 1. The summed E-state index contributed by atoms with van der Waals surface area (Å²) in [6.07, 6.45) is 3.71. The average molecular weight is 230 g/mol. The lowest BCUT2D eigenvalue weighted by atomic mass is 10.1. The first-order valence-corrected chi connectivity index (χ1v) is 5.93. The largest absolute Gasteiger partial charge is 0.264 e. The van der Waals surface area contributed by atoms with E-state index in [-0.39, 0.29) is 0 Å². The van der Waals surface area contributed by atoms with Gasteiger partial charge in [-0.05, 0) is 35.7 Å². The lowest BCUT2D eigenvalue weighted by Crippen LogP contribution is -1.83. The minimum Gasteiger partial charge on any atom is -0.264 e. The molecular formula is C16H10N2. The van der Waals surface area contributed by atoms with Gasteiger partial charge in [-0.15, -0.1) is 0 Å². The van der Waals surface area contributed by atoms with Crippen molar-refractivity contribution in [3.05, 3.63) is 60.9 Å². The molecule has 2 heterocycles. The molecule has 0 aliphatic rings. The third kappa shape index (κ3) is 1.36. The molecule has 2 nitrogen and oxygen atoms in total. The van der Waals surface area contributed by atoms with Gasteiger partial charge in [0.2, 0.25) is 0 Å². The highest BCUT2D eigenvalue weighted by Gasteiger charge is 2.01. The van der Waals surface area contributed by atoms with Gasteiger partial charge in [-0.1, -0.05) is 18.2 Å². The van der Waals surface area contributed by atoms with Crippen molar-refractivity contribution < 1.29 is 0 Å². The highest BCUT2D eigenvalue weighted by atomic mass is 14.7. The van der Waals surface area contributed by atoms with E-state index in [0.29, 0.717) is 0 Å². The standard InChI is InChI=1S/C16H10N2/c1-2-4-15-12(3-1)7-13-8-14-10-17-6-5-11(14)9-16(13)18-15/h1-10H. The molecule has 0 unspecified atom stereocenters. The smallest absolute Gasteiger partial charge is 0.0716 e. The summed E-state index contributed by atoms with van der Waals surface area (Å²) in [7, 11) is 0. The van der Waals surface area contributed by atoms with Crippen LogP contribution in [0.2, 0.25) is 0 Å². The first-order valence-electron chi connectivity index (χ1n) is 5.93. The summed E-state index contributed by atoms with van der Waals surface area (Å²) < 4.78 is 0. The van der Waals surface area contributed by atoms with E-state index in [1.807, 2.05) is 36.7 Å². The molecule has 2 heteroatoms. The van der Waals surface area contributed by atoms with Crippen LogP contribution in [0, 0.1) is 0 Å². The van der Waals surface area contributed by atoms with E-state index in [1.54, 1.807) is 0 Å². The molecule has 84 valence electrons. The quantitative estimate of drug-likeness (QED) is 0.428. The third-order valence-corrected chi connectivity index (χ3v) is 3.27. The van der Waals surface area contributed by atoms with Crippen molar-refractivity contribution >= 4 is 32.6 Å². The monoisotopic (exact) mass is 230 g/mol. The fourth-order valence-electron chi connectivity index (χ4n) is 2.36. The first kappa shape index (κ1) is 9.54. The van der Waals surface area contributed by atoms with E-state index >= 15 is 0 Å². The van der Waals surface area contributed by atoms with Crippen LogP contribution in [0.3, 0.4) is 0 Å². The summed E-state index contributed by atoms with van der Waals surface area (Å²) in [6, 6.07) is 16.7. The Hall–Kier alpha value is -2.48. The summed E-state index contributed by atoms with van der Waals surface area (Å²) in [5.41, 5.74) is 2.07. The van der Waals surface area contributed by atoms with Crippen LogP contribution in [0.25, 0.3) is 32.6 Å². The Morgan fingerprint density at radius 3 is 2.56 bits per heavy atom. The van der Waals surface area contributed by atoms with E-state index in [1.165, 1.54) is 10.8 Å². The average Bonchev–Trinajstić information content (AvgIpc) is 2.42. The van der Waals surface area contributed by atoms with Gasteiger partial charge in [0, 0.05) is 28.6 Å². The lowest BCUT2D eigenvalue weighted by molar-refractivity contribution is 1.36. The van der Waals surface area contributed by atoms with Crippen molar-refractivity contribution in [1.82, 2.24) is 9.97 Å². The molecule has 0 spiro atoms. The van der Waals surface area contributed by atoms with Crippen molar-refractivity contribution in [3.8, 4) is 0 Å². The normalized spacial score (nSPS) is 11.3. The number of rotatable bonds is 0. The van der Waals surface area contributed by atoms with Gasteiger partial charge in [-0.3, -0.25) is 4.98 Å². The van der Waals surface area contributed by atoms with E-state index in [2.05, 4.69) is 29.2 Å². The second-order valence-corrected chi connectivity index (χ2v) is 4.45. The molecule has 0 radical (unpaired) electrons. The van der Waals surface area contributed by atoms with Gasteiger partial charge in [0.15, 0.2) is 0 Å².